The summed E-state index contributed by atoms with van der Waals surface area (Å²) in [5.41, 5.74) is -1.33. The van der Waals surface area contributed by atoms with Crippen molar-refractivity contribution in [3.63, 3.8) is 0 Å². The summed E-state index contributed by atoms with van der Waals surface area (Å²) in [6.07, 6.45) is 0.241. The highest BCUT2D eigenvalue weighted by Gasteiger charge is 2.19. The van der Waals surface area contributed by atoms with Gasteiger partial charge in [0.15, 0.2) is 11.6 Å². The zero-order valence-electron chi connectivity index (χ0n) is 8.14. The van der Waals surface area contributed by atoms with Crippen LogP contribution < -0.4 is 0 Å². The van der Waals surface area contributed by atoms with Gasteiger partial charge in [-0.25, -0.2) is 8.78 Å². The van der Waals surface area contributed by atoms with Crippen LogP contribution in [0, 0.1) is 46.2 Å². The fraction of sp³-hybridized carbons (Fsp3) is 0.100. The first kappa shape index (κ1) is 12.7. The first-order valence-electron chi connectivity index (χ1n) is 4.20. The van der Waals surface area contributed by atoms with E-state index in [1.54, 1.807) is 0 Å². The van der Waals surface area contributed by atoms with Crippen molar-refractivity contribution in [1.29, 1.82) is 10.5 Å². The topological polar surface area (TPSA) is 60.5 Å². The van der Waals surface area contributed by atoms with Crippen molar-refractivity contribution in [3.8, 4) is 12.1 Å². The van der Waals surface area contributed by atoms with E-state index in [4.69, 9.17) is 10.5 Å². The normalized spacial score (nSPS) is 9.29. The third-order valence-corrected chi connectivity index (χ3v) is 1.84. The van der Waals surface area contributed by atoms with Crippen LogP contribution >= 0.6 is 0 Å². The number of nitriles is 2. The molecule has 86 valence electrons. The molecule has 0 atom stereocenters. The summed E-state index contributed by atoms with van der Waals surface area (Å²) >= 11 is 0. The number of rotatable bonds is 2. The fourth-order valence-corrected chi connectivity index (χ4v) is 1.03. The number of hydrogen-bond acceptors (Lipinski definition) is 3. The second-order valence-electron chi connectivity index (χ2n) is 2.85. The fourth-order valence-electron chi connectivity index (χ4n) is 1.03. The summed E-state index contributed by atoms with van der Waals surface area (Å²) in [6.45, 7) is 0. The van der Waals surface area contributed by atoms with Crippen LogP contribution in [-0.2, 0) is 6.42 Å². The zero-order chi connectivity index (χ0) is 13.0. The molecule has 0 aliphatic carbocycles. The molecule has 3 nitrogen and oxygen atoms in total. The maximum Gasteiger partial charge on any atom is 0.252 e. The van der Waals surface area contributed by atoms with Crippen molar-refractivity contribution in [2.24, 2.45) is 0 Å². The predicted molar refractivity (Wildman–Crippen MR) is 47.1 cm³/mol. The minimum atomic E-state index is -1.78. The molecule has 0 spiro atoms. The van der Waals surface area contributed by atoms with Crippen LogP contribution in [0.15, 0.2) is 11.6 Å². The van der Waals surface area contributed by atoms with Crippen molar-refractivity contribution in [2.75, 3.05) is 0 Å². The molecule has 0 amide bonds. The number of aromatic nitrogens is 1. The van der Waals surface area contributed by atoms with Gasteiger partial charge in [-0.1, -0.05) is 6.08 Å². The maximum atomic E-state index is 13.1. The number of pyridine rings is 1. The van der Waals surface area contributed by atoms with Crippen LogP contribution in [0.2, 0.25) is 0 Å². The van der Waals surface area contributed by atoms with Crippen LogP contribution in [0.1, 0.15) is 5.56 Å². The van der Waals surface area contributed by atoms with E-state index < -0.39 is 41.1 Å². The molecule has 0 bridgehead atoms. The Bertz CT molecular complexity index is 524. The monoisotopic (exact) mass is 241 g/mol. The molecule has 0 unspecified atom stereocenters. The maximum absolute atomic E-state index is 13.1. The molecule has 1 aromatic heterocycles. The molecular formula is C10H3F4N3. The van der Waals surface area contributed by atoms with Crippen LogP contribution in [0.5, 0.6) is 0 Å². The van der Waals surface area contributed by atoms with Gasteiger partial charge < -0.3 is 0 Å². The molecule has 0 fully saturated rings. The summed E-state index contributed by atoms with van der Waals surface area (Å²) in [6, 6.07) is 2.88. The molecule has 0 aromatic carbocycles. The Hall–Kier alpha value is -2.41. The smallest absolute Gasteiger partial charge is 0.202 e. The Balaban J connectivity index is 3.21. The van der Waals surface area contributed by atoms with Crippen LogP contribution in [0.4, 0.5) is 17.6 Å². The SMILES string of the molecule is N#CC(C#N)=CCc1c(F)c(F)nc(F)c1F. The lowest BCUT2D eigenvalue weighted by atomic mass is 10.1. The van der Waals surface area contributed by atoms with E-state index in [9.17, 15) is 17.6 Å². The van der Waals surface area contributed by atoms with Gasteiger partial charge in [-0.15, -0.1) is 0 Å². The lowest BCUT2D eigenvalue weighted by molar-refractivity contribution is 0.397. The van der Waals surface area contributed by atoms with Crippen molar-refractivity contribution >= 4 is 0 Å². The summed E-state index contributed by atoms with van der Waals surface area (Å²) in [5.74, 6) is -6.84. The van der Waals surface area contributed by atoms with E-state index in [0.717, 1.165) is 6.08 Å². The molecule has 0 radical (unpaired) electrons. The second-order valence-corrected chi connectivity index (χ2v) is 2.85. The van der Waals surface area contributed by atoms with Gasteiger partial charge in [0.1, 0.15) is 17.7 Å². The van der Waals surface area contributed by atoms with Crippen molar-refractivity contribution in [1.82, 2.24) is 4.98 Å². The Labute approximate surface area is 93.2 Å². The van der Waals surface area contributed by atoms with Gasteiger partial charge in [-0.05, 0) is 6.42 Å². The van der Waals surface area contributed by atoms with Crippen LogP contribution in [0.3, 0.4) is 0 Å². The van der Waals surface area contributed by atoms with Crippen LogP contribution in [-0.4, -0.2) is 4.98 Å². The van der Waals surface area contributed by atoms with E-state index in [1.165, 1.54) is 12.1 Å². The zero-order valence-corrected chi connectivity index (χ0v) is 8.14. The van der Waals surface area contributed by atoms with Crippen molar-refractivity contribution in [2.45, 2.75) is 6.42 Å². The molecule has 1 heterocycles. The highest BCUT2D eigenvalue weighted by molar-refractivity contribution is 5.36. The van der Waals surface area contributed by atoms with E-state index in [0.29, 0.717) is 0 Å². The number of allylic oxidation sites excluding steroid dienone is 2. The number of nitrogens with zero attached hydrogens (tertiary/aromatic N) is 3. The molecule has 1 rings (SSSR count). The molecule has 17 heavy (non-hydrogen) atoms. The van der Waals surface area contributed by atoms with Gasteiger partial charge in [0.25, 0.3) is 11.9 Å². The predicted octanol–water partition coefficient (Wildman–Crippen LogP) is 2.15. The molecule has 1 aromatic rings. The van der Waals surface area contributed by atoms with Crippen molar-refractivity contribution < 1.29 is 17.6 Å². The van der Waals surface area contributed by atoms with Gasteiger partial charge >= 0.3 is 0 Å². The standard InChI is InChI=1S/C10H3F4N3/c11-7-6(2-1-5(3-15)4-16)8(12)10(14)17-9(7)13/h1H,2H2. The second kappa shape index (κ2) is 5.08. The Kier molecular flexibility index (Phi) is 3.78. The van der Waals surface area contributed by atoms with Gasteiger partial charge in [-0.2, -0.15) is 24.3 Å². The minimum absolute atomic E-state index is 0.415. The lowest BCUT2D eigenvalue weighted by Gasteiger charge is -2.02. The molecule has 0 aliphatic heterocycles. The summed E-state index contributed by atoms with van der Waals surface area (Å²) in [7, 11) is 0. The largest absolute Gasteiger partial charge is 0.252 e. The number of hydrogen-bond donors (Lipinski definition) is 0. The van der Waals surface area contributed by atoms with Gasteiger partial charge in [0.05, 0.1) is 0 Å². The van der Waals surface area contributed by atoms with Crippen molar-refractivity contribution in [3.05, 3.63) is 40.7 Å². The molecule has 7 heteroatoms. The van der Waals surface area contributed by atoms with E-state index >= 15 is 0 Å². The summed E-state index contributed by atoms with van der Waals surface area (Å²) in [5, 5.41) is 16.7. The molecule has 0 N–H and O–H groups in total. The molecule has 0 saturated carbocycles. The quantitative estimate of drug-likeness (QED) is 0.452. The highest BCUT2D eigenvalue weighted by Crippen LogP contribution is 2.17. The van der Waals surface area contributed by atoms with E-state index in [1.807, 2.05) is 0 Å². The first-order chi connectivity index (χ1) is 8.01. The summed E-state index contributed by atoms with van der Waals surface area (Å²) in [4.78, 5) is 2.37. The Morgan fingerprint density at radius 3 is 1.94 bits per heavy atom. The van der Waals surface area contributed by atoms with E-state index in [2.05, 4.69) is 4.98 Å². The van der Waals surface area contributed by atoms with Gasteiger partial charge in [0, 0.05) is 5.56 Å². The lowest BCUT2D eigenvalue weighted by Crippen LogP contribution is -2.05. The third kappa shape index (κ3) is 2.58. The van der Waals surface area contributed by atoms with Gasteiger partial charge in [0.2, 0.25) is 0 Å². The average Bonchev–Trinajstić information content (AvgIpc) is 2.31. The molecule has 0 aliphatic rings. The van der Waals surface area contributed by atoms with Crippen LogP contribution in [0.25, 0.3) is 0 Å². The third-order valence-electron chi connectivity index (χ3n) is 1.84. The Morgan fingerprint density at radius 2 is 1.53 bits per heavy atom. The molecular weight excluding hydrogens is 238 g/mol. The first-order valence-corrected chi connectivity index (χ1v) is 4.20. The highest BCUT2D eigenvalue weighted by atomic mass is 19.2. The average molecular weight is 241 g/mol. The summed E-state index contributed by atoms with van der Waals surface area (Å²) < 4.78 is 51.5. The van der Waals surface area contributed by atoms with Gasteiger partial charge in [-0.3, -0.25) is 0 Å². The number of halogens is 4. The Morgan fingerprint density at radius 1 is 1.06 bits per heavy atom. The molecule has 0 saturated heterocycles. The van der Waals surface area contributed by atoms with E-state index in [-0.39, 0.29) is 0 Å². The minimum Gasteiger partial charge on any atom is -0.202 e.